The molecule has 1 heterocycles. The van der Waals surface area contributed by atoms with Gasteiger partial charge >= 0.3 is 0 Å². The van der Waals surface area contributed by atoms with E-state index in [1.807, 2.05) is 54.6 Å². The number of hydrogen-bond donors (Lipinski definition) is 1. The van der Waals surface area contributed by atoms with Crippen molar-refractivity contribution in [3.63, 3.8) is 0 Å². The molecule has 0 aliphatic heterocycles. The monoisotopic (exact) mass is 766 g/mol. The van der Waals surface area contributed by atoms with E-state index in [-0.39, 0.29) is 0 Å². The molecular weight excluding hydrogens is 729 g/mol. The second kappa shape index (κ2) is 14.2. The lowest BCUT2D eigenvalue weighted by molar-refractivity contribution is 0.794. The van der Waals surface area contributed by atoms with Crippen LogP contribution in [0.3, 0.4) is 0 Å². The Bertz CT molecular complexity index is 3100. The summed E-state index contributed by atoms with van der Waals surface area (Å²) in [5.41, 5.74) is 24.7. The molecule has 2 aliphatic carbocycles. The largest absolute Gasteiger partial charge is 0.405 e. The minimum Gasteiger partial charge on any atom is -0.405 e. The molecule has 282 valence electrons. The number of aromatic nitrogens is 3. The molecule has 0 radical (unpaired) electrons. The Morgan fingerprint density at radius 2 is 0.817 bits per heavy atom. The van der Waals surface area contributed by atoms with Gasteiger partial charge < -0.3 is 5.73 Å². The van der Waals surface area contributed by atoms with E-state index in [4.69, 9.17) is 20.7 Å². The van der Waals surface area contributed by atoms with Gasteiger partial charge in [0.25, 0.3) is 0 Å². The standard InChI is InChI=1S/C56H38N4/c1-36(32-33-57)37-24-26-40(27-25-37)54-58-53(39-16-6-3-7-17-39)59-55(60-54)42-29-30-43(48(34-42)38-14-4-2-5-15-38)41-28-31-47-46-20-10-13-23-51(46)56(52(47)35-41)49-21-11-8-18-44(49)45-19-9-12-22-50(45)56/h2-35H,1,57H2/b33-32-. The van der Waals surface area contributed by atoms with Crippen molar-refractivity contribution in [1.29, 1.82) is 0 Å². The number of allylic oxidation sites excluding steroid dienone is 2. The van der Waals surface area contributed by atoms with Crippen LogP contribution in [0.5, 0.6) is 0 Å². The van der Waals surface area contributed by atoms with Crippen LogP contribution in [0.1, 0.15) is 27.8 Å². The molecule has 2 aliphatic rings. The zero-order chi connectivity index (χ0) is 40.2. The summed E-state index contributed by atoms with van der Waals surface area (Å²) >= 11 is 0. The quantitative estimate of drug-likeness (QED) is 0.164. The van der Waals surface area contributed by atoms with E-state index >= 15 is 0 Å². The van der Waals surface area contributed by atoms with Gasteiger partial charge in [-0.1, -0.05) is 189 Å². The maximum absolute atomic E-state index is 5.65. The van der Waals surface area contributed by atoms with Crippen molar-refractivity contribution < 1.29 is 0 Å². The van der Waals surface area contributed by atoms with Crippen molar-refractivity contribution >= 4 is 5.57 Å². The van der Waals surface area contributed by atoms with Crippen LogP contribution >= 0.6 is 0 Å². The number of hydrogen-bond acceptors (Lipinski definition) is 4. The lowest BCUT2D eigenvalue weighted by Crippen LogP contribution is -2.25. The van der Waals surface area contributed by atoms with E-state index in [2.05, 4.69) is 146 Å². The highest BCUT2D eigenvalue weighted by atomic mass is 15.0. The smallest absolute Gasteiger partial charge is 0.164 e. The molecule has 9 aromatic rings. The van der Waals surface area contributed by atoms with Crippen LogP contribution in [0.4, 0.5) is 0 Å². The number of nitrogens with zero attached hydrogens (tertiary/aromatic N) is 3. The molecule has 60 heavy (non-hydrogen) atoms. The van der Waals surface area contributed by atoms with Gasteiger partial charge in [-0.15, -0.1) is 0 Å². The fourth-order valence-corrected chi connectivity index (χ4v) is 9.45. The molecule has 4 heteroatoms. The highest BCUT2D eigenvalue weighted by molar-refractivity contribution is 5.97. The zero-order valence-corrected chi connectivity index (χ0v) is 32.8. The summed E-state index contributed by atoms with van der Waals surface area (Å²) in [6.07, 6.45) is 3.30. The third-order valence-electron chi connectivity index (χ3n) is 12.1. The van der Waals surface area contributed by atoms with Crippen LogP contribution in [-0.4, -0.2) is 15.0 Å². The lowest BCUT2D eigenvalue weighted by atomic mass is 9.70. The summed E-state index contributed by atoms with van der Waals surface area (Å²) in [5.74, 6) is 1.81. The predicted octanol–water partition coefficient (Wildman–Crippen LogP) is 13.0. The Hall–Kier alpha value is -7.95. The second-order valence-electron chi connectivity index (χ2n) is 15.4. The van der Waals surface area contributed by atoms with Crippen LogP contribution in [0.2, 0.25) is 0 Å². The maximum Gasteiger partial charge on any atom is 0.164 e. The summed E-state index contributed by atoms with van der Waals surface area (Å²) in [4.78, 5) is 15.2. The summed E-state index contributed by atoms with van der Waals surface area (Å²) in [5, 5.41) is 0. The molecule has 0 bridgehead atoms. The van der Waals surface area contributed by atoms with Crippen molar-refractivity contribution in [2.45, 2.75) is 5.41 Å². The number of nitrogens with two attached hydrogens (primary N) is 1. The summed E-state index contributed by atoms with van der Waals surface area (Å²) in [6.45, 7) is 4.14. The van der Waals surface area contributed by atoms with E-state index in [9.17, 15) is 0 Å². The molecule has 0 atom stereocenters. The maximum atomic E-state index is 5.65. The molecule has 8 aromatic carbocycles. The molecule has 1 spiro atoms. The molecule has 0 saturated carbocycles. The van der Waals surface area contributed by atoms with Gasteiger partial charge in [-0.05, 0) is 102 Å². The van der Waals surface area contributed by atoms with Gasteiger partial charge in [-0.25, -0.2) is 15.0 Å². The highest BCUT2D eigenvalue weighted by Crippen LogP contribution is 2.63. The Morgan fingerprint density at radius 1 is 0.383 bits per heavy atom. The van der Waals surface area contributed by atoms with Gasteiger partial charge in [-0.3, -0.25) is 0 Å². The fraction of sp³-hybridized carbons (Fsp3) is 0.0179. The average Bonchev–Trinajstić information content (AvgIpc) is 3.79. The Labute approximate surface area is 349 Å². The SMILES string of the molecule is C=C(/C=C\N)c1ccc(-c2nc(-c3ccccc3)nc(-c3ccc(-c4ccc5c(c4)C4(c6ccccc6-c6ccccc64)c4ccccc4-5)c(-c4ccccc4)c3)n2)cc1. The van der Waals surface area contributed by atoms with E-state index in [0.717, 1.165) is 50.1 Å². The first-order valence-corrected chi connectivity index (χ1v) is 20.3. The Morgan fingerprint density at radius 3 is 1.38 bits per heavy atom. The lowest BCUT2D eigenvalue weighted by Gasteiger charge is -2.30. The minimum atomic E-state index is -0.427. The molecule has 0 saturated heterocycles. The summed E-state index contributed by atoms with van der Waals surface area (Å²) in [6, 6.07) is 69.4. The van der Waals surface area contributed by atoms with Gasteiger partial charge in [0.05, 0.1) is 5.41 Å². The van der Waals surface area contributed by atoms with Crippen LogP contribution in [0.25, 0.3) is 84.2 Å². The van der Waals surface area contributed by atoms with Crippen LogP contribution in [0.15, 0.2) is 213 Å². The Kier molecular flexibility index (Phi) is 8.31. The van der Waals surface area contributed by atoms with Gasteiger partial charge in [0.2, 0.25) is 0 Å². The summed E-state index contributed by atoms with van der Waals surface area (Å²) in [7, 11) is 0. The zero-order valence-electron chi connectivity index (χ0n) is 32.8. The normalized spacial score (nSPS) is 12.9. The highest BCUT2D eigenvalue weighted by Gasteiger charge is 2.51. The van der Waals surface area contributed by atoms with Crippen LogP contribution in [-0.2, 0) is 5.41 Å². The third-order valence-corrected chi connectivity index (χ3v) is 12.1. The number of fused-ring (bicyclic) bond motifs is 10. The van der Waals surface area contributed by atoms with Crippen molar-refractivity contribution in [3.8, 4) is 78.7 Å². The number of benzene rings is 8. The van der Waals surface area contributed by atoms with Crippen molar-refractivity contribution in [2.24, 2.45) is 5.73 Å². The minimum absolute atomic E-state index is 0.427. The van der Waals surface area contributed by atoms with Crippen LogP contribution < -0.4 is 5.73 Å². The van der Waals surface area contributed by atoms with Crippen molar-refractivity contribution in [3.05, 3.63) is 241 Å². The molecule has 1 aromatic heterocycles. The van der Waals surface area contributed by atoms with Crippen molar-refractivity contribution in [2.75, 3.05) is 0 Å². The van der Waals surface area contributed by atoms with Gasteiger partial charge in [0.1, 0.15) is 0 Å². The molecule has 0 amide bonds. The fourth-order valence-electron chi connectivity index (χ4n) is 9.45. The molecule has 2 N–H and O–H groups in total. The first-order chi connectivity index (χ1) is 29.6. The van der Waals surface area contributed by atoms with Crippen molar-refractivity contribution in [1.82, 2.24) is 15.0 Å². The molecule has 0 fully saturated rings. The Balaban J connectivity index is 1.09. The van der Waals surface area contributed by atoms with E-state index in [0.29, 0.717) is 17.5 Å². The topological polar surface area (TPSA) is 64.7 Å². The van der Waals surface area contributed by atoms with Gasteiger partial charge in [-0.2, -0.15) is 0 Å². The number of rotatable bonds is 7. The molecule has 4 nitrogen and oxygen atoms in total. The first-order valence-electron chi connectivity index (χ1n) is 20.3. The predicted molar refractivity (Wildman–Crippen MR) is 246 cm³/mol. The van der Waals surface area contributed by atoms with E-state index in [1.54, 1.807) is 6.08 Å². The molecular formula is C56H38N4. The van der Waals surface area contributed by atoms with Gasteiger partial charge in [0, 0.05) is 16.7 Å². The molecule has 11 rings (SSSR count). The third kappa shape index (κ3) is 5.49. The molecule has 0 unspecified atom stereocenters. The van der Waals surface area contributed by atoms with Gasteiger partial charge in [0.15, 0.2) is 17.5 Å². The van der Waals surface area contributed by atoms with E-state index < -0.39 is 5.41 Å². The first kappa shape index (κ1) is 35.2. The second-order valence-corrected chi connectivity index (χ2v) is 15.4. The average molecular weight is 767 g/mol. The van der Waals surface area contributed by atoms with E-state index in [1.165, 1.54) is 50.7 Å². The van der Waals surface area contributed by atoms with Crippen LogP contribution in [0, 0.1) is 0 Å². The summed E-state index contributed by atoms with van der Waals surface area (Å²) < 4.78 is 0.